The van der Waals surface area contributed by atoms with Gasteiger partial charge in [-0.05, 0) is 53.0 Å². The highest BCUT2D eigenvalue weighted by Gasteiger charge is 2.29. The quantitative estimate of drug-likeness (QED) is 0.686. The summed E-state index contributed by atoms with van der Waals surface area (Å²) in [6.45, 7) is 9.93. The van der Waals surface area contributed by atoms with E-state index in [2.05, 4.69) is 4.90 Å². The Bertz CT molecular complexity index is 287. The van der Waals surface area contributed by atoms with Gasteiger partial charge in [0.25, 0.3) is 0 Å². The molecule has 2 N–H and O–H groups in total. The van der Waals surface area contributed by atoms with E-state index in [1.807, 2.05) is 6.92 Å². The highest BCUT2D eigenvalue weighted by molar-refractivity contribution is 5.79. The first kappa shape index (κ1) is 17.4. The van der Waals surface area contributed by atoms with E-state index in [0.717, 1.165) is 45.5 Å². The third-order valence-electron chi connectivity index (χ3n) is 3.85. The molecule has 0 aromatic heterocycles. The molecule has 1 rings (SSSR count). The van der Waals surface area contributed by atoms with Gasteiger partial charge in [-0.15, -0.1) is 0 Å². The number of piperidine rings is 1. The van der Waals surface area contributed by atoms with Gasteiger partial charge in [0.2, 0.25) is 0 Å². The van der Waals surface area contributed by atoms with E-state index in [4.69, 9.17) is 15.2 Å². The highest BCUT2D eigenvalue weighted by atomic mass is 16.5. The van der Waals surface area contributed by atoms with Crippen molar-refractivity contribution in [2.45, 2.75) is 58.1 Å². The predicted octanol–water partition coefficient (Wildman–Crippen LogP) is 1.55. The summed E-state index contributed by atoms with van der Waals surface area (Å²) < 4.78 is 10.6. The van der Waals surface area contributed by atoms with Crippen LogP contribution in [0.4, 0.5) is 0 Å². The third kappa shape index (κ3) is 5.77. The largest absolute Gasteiger partial charge is 0.465 e. The summed E-state index contributed by atoms with van der Waals surface area (Å²) in [6.07, 6.45) is 4.22. The molecule has 0 aromatic carbocycles. The average molecular weight is 286 g/mol. The first-order valence-electron chi connectivity index (χ1n) is 7.79. The number of carbonyl (C=O) groups is 1. The molecule has 0 saturated carbocycles. The van der Waals surface area contributed by atoms with Crippen molar-refractivity contribution in [3.8, 4) is 0 Å². The predicted molar refractivity (Wildman–Crippen MR) is 79.5 cm³/mol. The van der Waals surface area contributed by atoms with Crippen molar-refractivity contribution in [3.63, 3.8) is 0 Å². The summed E-state index contributed by atoms with van der Waals surface area (Å²) in [4.78, 5) is 14.1. The average Bonchev–Trinajstić information content (AvgIpc) is 2.41. The van der Waals surface area contributed by atoms with Crippen LogP contribution in [0.25, 0.3) is 0 Å². The van der Waals surface area contributed by atoms with Crippen LogP contribution < -0.4 is 5.73 Å². The van der Waals surface area contributed by atoms with E-state index in [-0.39, 0.29) is 5.97 Å². The molecule has 20 heavy (non-hydrogen) atoms. The lowest BCUT2D eigenvalue weighted by Crippen LogP contribution is -2.47. The van der Waals surface area contributed by atoms with E-state index in [1.54, 1.807) is 13.8 Å². The standard InChI is InChI=1S/C15H30N2O3/c1-4-19-13-7-11-17(12-8-13)10-6-9-15(3,16)14(18)20-5-2/h13H,4-12,16H2,1-3H3. The lowest BCUT2D eigenvalue weighted by Gasteiger charge is -2.32. The maximum absolute atomic E-state index is 11.7. The number of likely N-dealkylation sites (tertiary alicyclic amines) is 1. The van der Waals surface area contributed by atoms with Crippen LogP contribution in [0.15, 0.2) is 0 Å². The Morgan fingerprint density at radius 2 is 1.95 bits per heavy atom. The molecular formula is C15H30N2O3. The zero-order chi connectivity index (χ0) is 15.0. The second-order valence-corrected chi connectivity index (χ2v) is 5.74. The minimum atomic E-state index is -0.861. The van der Waals surface area contributed by atoms with Gasteiger partial charge in [-0.3, -0.25) is 4.79 Å². The van der Waals surface area contributed by atoms with Crippen molar-refractivity contribution in [2.24, 2.45) is 5.73 Å². The molecule has 118 valence electrons. The van der Waals surface area contributed by atoms with Crippen molar-refractivity contribution in [3.05, 3.63) is 0 Å². The van der Waals surface area contributed by atoms with Gasteiger partial charge < -0.3 is 20.1 Å². The van der Waals surface area contributed by atoms with Gasteiger partial charge in [-0.1, -0.05) is 0 Å². The first-order chi connectivity index (χ1) is 9.49. The van der Waals surface area contributed by atoms with Crippen LogP contribution in [-0.4, -0.2) is 55.4 Å². The minimum Gasteiger partial charge on any atom is -0.465 e. The van der Waals surface area contributed by atoms with Gasteiger partial charge in [0, 0.05) is 19.7 Å². The Hall–Kier alpha value is -0.650. The van der Waals surface area contributed by atoms with Crippen molar-refractivity contribution in [1.82, 2.24) is 4.90 Å². The van der Waals surface area contributed by atoms with Crippen LogP contribution in [0.5, 0.6) is 0 Å². The Morgan fingerprint density at radius 3 is 2.50 bits per heavy atom. The van der Waals surface area contributed by atoms with Crippen LogP contribution in [0.1, 0.15) is 46.5 Å². The monoisotopic (exact) mass is 286 g/mol. The molecule has 1 saturated heterocycles. The summed E-state index contributed by atoms with van der Waals surface area (Å²) in [7, 11) is 0. The van der Waals surface area contributed by atoms with Crippen LogP contribution >= 0.6 is 0 Å². The topological polar surface area (TPSA) is 64.8 Å². The van der Waals surface area contributed by atoms with Crippen LogP contribution in [0.3, 0.4) is 0 Å². The van der Waals surface area contributed by atoms with Crippen LogP contribution in [0, 0.1) is 0 Å². The molecule has 0 aromatic rings. The van der Waals surface area contributed by atoms with E-state index >= 15 is 0 Å². The van der Waals surface area contributed by atoms with Crippen LogP contribution in [-0.2, 0) is 14.3 Å². The minimum absolute atomic E-state index is 0.296. The number of hydrogen-bond acceptors (Lipinski definition) is 5. The highest BCUT2D eigenvalue weighted by Crippen LogP contribution is 2.16. The van der Waals surface area contributed by atoms with Gasteiger partial charge in [0.05, 0.1) is 12.7 Å². The molecule has 0 aliphatic carbocycles. The van der Waals surface area contributed by atoms with Crippen molar-refractivity contribution >= 4 is 5.97 Å². The summed E-state index contributed by atoms with van der Waals surface area (Å²) in [5.74, 6) is -0.296. The third-order valence-corrected chi connectivity index (χ3v) is 3.85. The number of nitrogens with two attached hydrogens (primary N) is 1. The van der Waals surface area contributed by atoms with Crippen molar-refractivity contribution in [2.75, 3.05) is 32.8 Å². The summed E-state index contributed by atoms with van der Waals surface area (Å²) in [6, 6.07) is 0. The van der Waals surface area contributed by atoms with Crippen LogP contribution in [0.2, 0.25) is 0 Å². The molecule has 0 bridgehead atoms. The maximum Gasteiger partial charge on any atom is 0.325 e. The Morgan fingerprint density at radius 1 is 1.30 bits per heavy atom. The fraction of sp³-hybridized carbons (Fsp3) is 0.933. The fourth-order valence-corrected chi connectivity index (χ4v) is 2.60. The summed E-state index contributed by atoms with van der Waals surface area (Å²) in [5, 5.41) is 0. The molecule has 0 amide bonds. The number of nitrogens with zero attached hydrogens (tertiary/aromatic N) is 1. The zero-order valence-corrected chi connectivity index (χ0v) is 13.2. The molecule has 1 heterocycles. The molecule has 0 radical (unpaired) electrons. The number of ether oxygens (including phenoxy) is 2. The van der Waals surface area contributed by atoms with Gasteiger partial charge in [-0.2, -0.15) is 0 Å². The van der Waals surface area contributed by atoms with Crippen molar-refractivity contribution in [1.29, 1.82) is 0 Å². The second kappa shape index (κ2) is 8.60. The SMILES string of the molecule is CCOC(=O)C(C)(N)CCCN1CCC(OCC)CC1. The maximum atomic E-state index is 11.7. The van der Waals surface area contributed by atoms with Crippen molar-refractivity contribution < 1.29 is 14.3 Å². The number of rotatable bonds is 8. The van der Waals surface area contributed by atoms with E-state index < -0.39 is 5.54 Å². The summed E-state index contributed by atoms with van der Waals surface area (Å²) >= 11 is 0. The molecule has 1 atom stereocenters. The molecule has 1 aliphatic heterocycles. The molecule has 1 unspecified atom stereocenters. The Labute approximate surface area is 122 Å². The molecule has 0 spiro atoms. The number of esters is 1. The molecule has 5 nitrogen and oxygen atoms in total. The normalized spacial score (nSPS) is 20.6. The van der Waals surface area contributed by atoms with Gasteiger partial charge in [0.15, 0.2) is 0 Å². The van der Waals surface area contributed by atoms with Gasteiger partial charge >= 0.3 is 5.97 Å². The van der Waals surface area contributed by atoms with Gasteiger partial charge in [0.1, 0.15) is 5.54 Å². The zero-order valence-electron chi connectivity index (χ0n) is 13.2. The Kier molecular flexibility index (Phi) is 7.48. The van der Waals surface area contributed by atoms with E-state index in [1.165, 1.54) is 0 Å². The van der Waals surface area contributed by atoms with E-state index in [0.29, 0.717) is 19.1 Å². The smallest absolute Gasteiger partial charge is 0.325 e. The molecule has 1 aliphatic rings. The Balaban J connectivity index is 2.20. The lowest BCUT2D eigenvalue weighted by atomic mass is 9.97. The molecule has 5 heteroatoms. The van der Waals surface area contributed by atoms with E-state index in [9.17, 15) is 4.79 Å². The van der Waals surface area contributed by atoms with Gasteiger partial charge in [-0.25, -0.2) is 0 Å². The first-order valence-corrected chi connectivity index (χ1v) is 7.79. The lowest BCUT2D eigenvalue weighted by molar-refractivity contribution is -0.149. The number of hydrogen-bond donors (Lipinski definition) is 1. The second-order valence-electron chi connectivity index (χ2n) is 5.74. The molecular weight excluding hydrogens is 256 g/mol. The summed E-state index contributed by atoms with van der Waals surface area (Å²) in [5.41, 5.74) is 5.15. The number of carbonyl (C=O) groups excluding carboxylic acids is 1. The fourth-order valence-electron chi connectivity index (χ4n) is 2.60. The molecule has 1 fully saturated rings.